The summed E-state index contributed by atoms with van der Waals surface area (Å²) < 4.78 is 6.08. The number of nitrogens with one attached hydrogen (secondary N) is 1. The zero-order valence-corrected chi connectivity index (χ0v) is 13.2. The van der Waals surface area contributed by atoms with E-state index in [2.05, 4.69) is 33.0 Å². The molecule has 1 saturated heterocycles. The third-order valence-electron chi connectivity index (χ3n) is 4.93. The van der Waals surface area contributed by atoms with E-state index in [1.807, 2.05) is 0 Å². The SMILES string of the molecule is CC1(C)CC(NCC2CCCCC2C(=O)O)C(C)(C)O1. The van der Waals surface area contributed by atoms with E-state index in [9.17, 15) is 9.90 Å². The van der Waals surface area contributed by atoms with Crippen LogP contribution in [0.3, 0.4) is 0 Å². The molecule has 116 valence electrons. The molecule has 0 spiro atoms. The predicted octanol–water partition coefficient (Wildman–Crippen LogP) is 2.81. The van der Waals surface area contributed by atoms with Crippen molar-refractivity contribution in [2.75, 3.05) is 6.54 Å². The van der Waals surface area contributed by atoms with Crippen molar-refractivity contribution in [1.29, 1.82) is 0 Å². The monoisotopic (exact) mass is 283 g/mol. The Kier molecular flexibility index (Phi) is 4.45. The largest absolute Gasteiger partial charge is 0.481 e. The van der Waals surface area contributed by atoms with E-state index in [1.165, 1.54) is 0 Å². The van der Waals surface area contributed by atoms with Crippen LogP contribution in [0.4, 0.5) is 0 Å². The van der Waals surface area contributed by atoms with E-state index in [1.54, 1.807) is 0 Å². The fraction of sp³-hybridized carbons (Fsp3) is 0.938. The van der Waals surface area contributed by atoms with Gasteiger partial charge in [0, 0.05) is 6.04 Å². The van der Waals surface area contributed by atoms with Crippen molar-refractivity contribution in [1.82, 2.24) is 5.32 Å². The molecule has 0 amide bonds. The zero-order chi connectivity index (χ0) is 15.0. The highest BCUT2D eigenvalue weighted by atomic mass is 16.5. The highest BCUT2D eigenvalue weighted by Crippen LogP contribution is 2.38. The first-order valence-corrected chi connectivity index (χ1v) is 7.88. The summed E-state index contributed by atoms with van der Waals surface area (Å²) in [5, 5.41) is 12.9. The second-order valence-corrected chi connectivity index (χ2v) is 7.62. The van der Waals surface area contributed by atoms with Crippen molar-refractivity contribution in [2.24, 2.45) is 11.8 Å². The van der Waals surface area contributed by atoms with Gasteiger partial charge in [-0.2, -0.15) is 0 Å². The van der Waals surface area contributed by atoms with E-state index in [0.717, 1.165) is 38.6 Å². The topological polar surface area (TPSA) is 58.6 Å². The second kappa shape index (κ2) is 5.64. The molecule has 3 unspecified atom stereocenters. The number of rotatable bonds is 4. The molecule has 4 nitrogen and oxygen atoms in total. The maximum atomic E-state index is 11.3. The summed E-state index contributed by atoms with van der Waals surface area (Å²) in [6, 6.07) is 0.300. The summed E-state index contributed by atoms with van der Waals surface area (Å²) >= 11 is 0. The molecule has 4 heteroatoms. The van der Waals surface area contributed by atoms with Gasteiger partial charge in [0.1, 0.15) is 0 Å². The molecule has 1 heterocycles. The minimum atomic E-state index is -0.626. The summed E-state index contributed by atoms with van der Waals surface area (Å²) in [6.45, 7) is 9.28. The van der Waals surface area contributed by atoms with Crippen LogP contribution >= 0.6 is 0 Å². The highest BCUT2D eigenvalue weighted by molar-refractivity contribution is 5.70. The number of carboxylic acids is 1. The van der Waals surface area contributed by atoms with E-state index in [4.69, 9.17) is 4.74 Å². The molecule has 0 bridgehead atoms. The smallest absolute Gasteiger partial charge is 0.306 e. The first-order chi connectivity index (χ1) is 9.21. The van der Waals surface area contributed by atoms with Gasteiger partial charge in [-0.25, -0.2) is 0 Å². The Balaban J connectivity index is 1.92. The molecule has 0 radical (unpaired) electrons. The average molecular weight is 283 g/mol. The third-order valence-corrected chi connectivity index (χ3v) is 4.93. The number of hydrogen-bond donors (Lipinski definition) is 2. The minimum Gasteiger partial charge on any atom is -0.481 e. The number of aliphatic carboxylic acids is 1. The van der Waals surface area contributed by atoms with E-state index in [0.29, 0.717) is 6.04 Å². The van der Waals surface area contributed by atoms with Crippen LogP contribution in [0.5, 0.6) is 0 Å². The van der Waals surface area contributed by atoms with Gasteiger partial charge in [-0.1, -0.05) is 12.8 Å². The van der Waals surface area contributed by atoms with Gasteiger partial charge >= 0.3 is 5.97 Å². The quantitative estimate of drug-likeness (QED) is 0.833. The summed E-state index contributed by atoms with van der Waals surface area (Å²) in [6.07, 6.45) is 5.05. The van der Waals surface area contributed by atoms with Gasteiger partial charge in [0.25, 0.3) is 0 Å². The summed E-state index contributed by atoms with van der Waals surface area (Å²) in [4.78, 5) is 11.3. The first kappa shape index (κ1) is 15.8. The second-order valence-electron chi connectivity index (χ2n) is 7.62. The Labute approximate surface area is 122 Å². The number of hydrogen-bond acceptors (Lipinski definition) is 3. The molecular weight excluding hydrogens is 254 g/mol. The van der Waals surface area contributed by atoms with Gasteiger partial charge in [-0.3, -0.25) is 4.79 Å². The van der Waals surface area contributed by atoms with Crippen molar-refractivity contribution in [3.63, 3.8) is 0 Å². The van der Waals surface area contributed by atoms with E-state index >= 15 is 0 Å². The highest BCUT2D eigenvalue weighted by Gasteiger charge is 2.46. The van der Waals surface area contributed by atoms with Crippen LogP contribution < -0.4 is 5.32 Å². The minimum absolute atomic E-state index is 0.0973. The number of carbonyl (C=O) groups is 1. The molecule has 0 aromatic heterocycles. The van der Waals surface area contributed by atoms with E-state index in [-0.39, 0.29) is 23.0 Å². The lowest BCUT2D eigenvalue weighted by atomic mass is 9.79. The Morgan fingerprint density at radius 2 is 1.90 bits per heavy atom. The maximum Gasteiger partial charge on any atom is 0.306 e. The lowest BCUT2D eigenvalue weighted by Crippen LogP contribution is -2.46. The Bertz CT molecular complexity index is 365. The molecule has 0 aromatic carbocycles. The van der Waals surface area contributed by atoms with Crippen molar-refractivity contribution >= 4 is 5.97 Å². The molecule has 2 fully saturated rings. The molecule has 1 aliphatic heterocycles. The summed E-state index contributed by atoms with van der Waals surface area (Å²) in [5.74, 6) is -0.533. The molecule has 3 atom stereocenters. The van der Waals surface area contributed by atoms with Crippen LogP contribution in [0.2, 0.25) is 0 Å². The van der Waals surface area contributed by atoms with Crippen LogP contribution in [0, 0.1) is 11.8 Å². The first-order valence-electron chi connectivity index (χ1n) is 7.88. The summed E-state index contributed by atoms with van der Waals surface area (Å²) in [7, 11) is 0. The lowest BCUT2D eigenvalue weighted by molar-refractivity contribution is -0.144. The summed E-state index contributed by atoms with van der Waals surface area (Å²) in [5.41, 5.74) is -0.281. The predicted molar refractivity (Wildman–Crippen MR) is 78.7 cm³/mol. The third kappa shape index (κ3) is 3.53. The zero-order valence-electron chi connectivity index (χ0n) is 13.2. The Hall–Kier alpha value is -0.610. The molecule has 1 saturated carbocycles. The van der Waals surface area contributed by atoms with E-state index < -0.39 is 5.97 Å². The standard InChI is InChI=1S/C16H29NO3/c1-15(2)9-13(16(3,4)20-15)17-10-11-7-5-6-8-12(11)14(18)19/h11-13,17H,5-10H2,1-4H3,(H,18,19). The maximum absolute atomic E-state index is 11.3. The lowest BCUT2D eigenvalue weighted by Gasteiger charge is -2.32. The Morgan fingerprint density at radius 1 is 1.25 bits per heavy atom. The van der Waals surface area contributed by atoms with Crippen LogP contribution in [0.25, 0.3) is 0 Å². The van der Waals surface area contributed by atoms with Crippen LogP contribution in [0.15, 0.2) is 0 Å². The molecule has 2 N–H and O–H groups in total. The van der Waals surface area contributed by atoms with Gasteiger partial charge in [-0.15, -0.1) is 0 Å². The normalized spacial score (nSPS) is 35.9. The van der Waals surface area contributed by atoms with Gasteiger partial charge in [0.05, 0.1) is 17.1 Å². The van der Waals surface area contributed by atoms with Gasteiger partial charge in [0.2, 0.25) is 0 Å². The molecule has 0 aromatic rings. The fourth-order valence-electron chi connectivity index (χ4n) is 3.95. The molecule has 20 heavy (non-hydrogen) atoms. The molecule has 2 aliphatic rings. The molecule has 2 rings (SSSR count). The van der Waals surface area contributed by atoms with Gasteiger partial charge in [-0.05, 0) is 59.4 Å². The average Bonchev–Trinajstić information content (AvgIpc) is 2.54. The van der Waals surface area contributed by atoms with Crippen LogP contribution in [0.1, 0.15) is 59.8 Å². The molecular formula is C16H29NO3. The van der Waals surface area contributed by atoms with Gasteiger partial charge in [0.15, 0.2) is 0 Å². The number of ether oxygens (including phenoxy) is 1. The van der Waals surface area contributed by atoms with Crippen LogP contribution in [-0.2, 0) is 9.53 Å². The van der Waals surface area contributed by atoms with Crippen molar-refractivity contribution in [3.8, 4) is 0 Å². The van der Waals surface area contributed by atoms with Crippen molar-refractivity contribution in [2.45, 2.75) is 77.0 Å². The molecule has 1 aliphatic carbocycles. The van der Waals surface area contributed by atoms with Gasteiger partial charge < -0.3 is 15.2 Å². The fourth-order valence-corrected chi connectivity index (χ4v) is 3.95. The van der Waals surface area contributed by atoms with Crippen molar-refractivity contribution < 1.29 is 14.6 Å². The van der Waals surface area contributed by atoms with Crippen molar-refractivity contribution in [3.05, 3.63) is 0 Å². The van der Waals surface area contributed by atoms with Crippen LogP contribution in [-0.4, -0.2) is 34.9 Å². The number of carboxylic acid groups (broad SMARTS) is 1. The Morgan fingerprint density at radius 3 is 2.45 bits per heavy atom.